The first kappa shape index (κ1) is 14.5. The van der Waals surface area contributed by atoms with Crippen molar-refractivity contribution in [3.8, 4) is 5.75 Å². The lowest BCUT2D eigenvalue weighted by molar-refractivity contribution is 0.414. The number of rotatable bonds is 4. The Balaban J connectivity index is 1.70. The Morgan fingerprint density at radius 3 is 2.81 bits per heavy atom. The van der Waals surface area contributed by atoms with Gasteiger partial charge in [0, 0.05) is 17.0 Å². The van der Waals surface area contributed by atoms with Crippen molar-refractivity contribution in [1.82, 2.24) is 0 Å². The highest BCUT2D eigenvalue weighted by atomic mass is 32.2. The molecular formula is C18H21NOS. The van der Waals surface area contributed by atoms with Gasteiger partial charge in [-0.25, -0.2) is 0 Å². The van der Waals surface area contributed by atoms with Crippen LogP contribution in [0.3, 0.4) is 0 Å². The minimum Gasteiger partial charge on any atom is -0.497 e. The summed E-state index contributed by atoms with van der Waals surface area (Å²) in [6.45, 7) is 2.17. The average Bonchev–Trinajstić information content (AvgIpc) is 2.82. The molecule has 0 bridgehead atoms. The maximum Gasteiger partial charge on any atom is 0.119 e. The Hall–Kier alpha value is -1.45. The van der Waals surface area contributed by atoms with Crippen molar-refractivity contribution in [3.05, 3.63) is 64.7 Å². The van der Waals surface area contributed by atoms with Crippen LogP contribution in [0.5, 0.6) is 5.75 Å². The van der Waals surface area contributed by atoms with Gasteiger partial charge in [0.2, 0.25) is 0 Å². The van der Waals surface area contributed by atoms with E-state index in [0.29, 0.717) is 5.25 Å². The second kappa shape index (κ2) is 6.12. The normalized spacial score (nSPS) is 20.3. The second-order valence-corrected chi connectivity index (χ2v) is 6.80. The molecule has 0 heterocycles. The minimum absolute atomic E-state index is 0.101. The fourth-order valence-corrected chi connectivity index (χ4v) is 4.24. The van der Waals surface area contributed by atoms with E-state index in [0.717, 1.165) is 17.9 Å². The number of methoxy groups -OCH3 is 1. The van der Waals surface area contributed by atoms with Crippen LogP contribution in [-0.4, -0.2) is 12.4 Å². The summed E-state index contributed by atoms with van der Waals surface area (Å²) in [6, 6.07) is 15.0. The smallest absolute Gasteiger partial charge is 0.119 e. The molecule has 2 atom stereocenters. The SMILES string of the molecule is COc1ccc2c(c1)C(N)C(SCc1ccccc1C)C2. The molecule has 0 spiro atoms. The van der Waals surface area contributed by atoms with Crippen LogP contribution < -0.4 is 10.5 Å². The van der Waals surface area contributed by atoms with Crippen LogP contribution in [-0.2, 0) is 12.2 Å². The molecule has 0 saturated carbocycles. The Labute approximate surface area is 130 Å². The van der Waals surface area contributed by atoms with Crippen LogP contribution in [0.25, 0.3) is 0 Å². The van der Waals surface area contributed by atoms with Crippen molar-refractivity contribution in [2.24, 2.45) is 5.73 Å². The maximum absolute atomic E-state index is 6.44. The molecule has 0 amide bonds. The molecule has 0 radical (unpaired) electrons. The molecule has 2 unspecified atom stereocenters. The number of thioether (sulfide) groups is 1. The van der Waals surface area contributed by atoms with Crippen LogP contribution in [0, 0.1) is 6.92 Å². The number of fused-ring (bicyclic) bond motifs is 1. The van der Waals surface area contributed by atoms with Crippen molar-refractivity contribution in [2.75, 3.05) is 7.11 Å². The van der Waals surface area contributed by atoms with Gasteiger partial charge in [-0.3, -0.25) is 0 Å². The lowest BCUT2D eigenvalue weighted by atomic mass is 10.1. The van der Waals surface area contributed by atoms with Crippen molar-refractivity contribution in [2.45, 2.75) is 30.4 Å². The van der Waals surface area contributed by atoms with E-state index in [1.165, 1.54) is 22.3 Å². The number of hydrogen-bond acceptors (Lipinski definition) is 3. The molecule has 0 aromatic heterocycles. The van der Waals surface area contributed by atoms with Gasteiger partial charge in [0.25, 0.3) is 0 Å². The largest absolute Gasteiger partial charge is 0.497 e. The molecule has 110 valence electrons. The summed E-state index contributed by atoms with van der Waals surface area (Å²) in [6.07, 6.45) is 1.05. The minimum atomic E-state index is 0.101. The molecule has 1 aliphatic carbocycles. The number of ether oxygens (including phenoxy) is 1. The van der Waals surface area contributed by atoms with E-state index >= 15 is 0 Å². The Kier molecular flexibility index (Phi) is 4.22. The summed E-state index contributed by atoms with van der Waals surface area (Å²) in [5.41, 5.74) is 11.8. The predicted molar refractivity (Wildman–Crippen MR) is 89.9 cm³/mol. The fourth-order valence-electron chi connectivity index (χ4n) is 2.87. The summed E-state index contributed by atoms with van der Waals surface area (Å²) >= 11 is 1.96. The lowest BCUT2D eigenvalue weighted by Gasteiger charge is -2.16. The summed E-state index contributed by atoms with van der Waals surface area (Å²) in [5, 5.41) is 0.451. The molecule has 2 nitrogen and oxygen atoms in total. The molecule has 1 aliphatic rings. The zero-order valence-electron chi connectivity index (χ0n) is 12.5. The van der Waals surface area contributed by atoms with Crippen LogP contribution >= 0.6 is 11.8 Å². The first-order valence-corrected chi connectivity index (χ1v) is 8.32. The van der Waals surface area contributed by atoms with Gasteiger partial charge < -0.3 is 10.5 Å². The Bertz CT molecular complexity index is 641. The third-order valence-corrected chi connectivity index (χ3v) is 5.61. The van der Waals surface area contributed by atoms with Crippen LogP contribution in [0.15, 0.2) is 42.5 Å². The first-order valence-electron chi connectivity index (χ1n) is 7.27. The van der Waals surface area contributed by atoms with Gasteiger partial charge in [-0.15, -0.1) is 0 Å². The van der Waals surface area contributed by atoms with E-state index in [4.69, 9.17) is 10.5 Å². The summed E-state index contributed by atoms with van der Waals surface area (Å²) < 4.78 is 5.31. The summed E-state index contributed by atoms with van der Waals surface area (Å²) in [5.74, 6) is 1.92. The summed E-state index contributed by atoms with van der Waals surface area (Å²) in [7, 11) is 1.70. The van der Waals surface area contributed by atoms with Gasteiger partial charge in [0.1, 0.15) is 5.75 Å². The van der Waals surface area contributed by atoms with E-state index in [2.05, 4.69) is 43.3 Å². The topological polar surface area (TPSA) is 35.2 Å². The Morgan fingerprint density at radius 1 is 1.24 bits per heavy atom. The molecule has 3 heteroatoms. The van der Waals surface area contributed by atoms with Gasteiger partial charge >= 0.3 is 0 Å². The number of benzene rings is 2. The van der Waals surface area contributed by atoms with E-state index < -0.39 is 0 Å². The van der Waals surface area contributed by atoms with Crippen LogP contribution in [0.1, 0.15) is 28.3 Å². The van der Waals surface area contributed by atoms with Gasteiger partial charge in [-0.05, 0) is 47.7 Å². The molecular weight excluding hydrogens is 278 g/mol. The first-order chi connectivity index (χ1) is 10.2. The fraction of sp³-hybridized carbons (Fsp3) is 0.333. The van der Waals surface area contributed by atoms with E-state index in [9.17, 15) is 0 Å². The number of aryl methyl sites for hydroxylation is 1. The van der Waals surface area contributed by atoms with Gasteiger partial charge in [-0.1, -0.05) is 30.3 Å². The molecule has 21 heavy (non-hydrogen) atoms. The van der Waals surface area contributed by atoms with Gasteiger partial charge in [-0.2, -0.15) is 11.8 Å². The number of nitrogens with two attached hydrogens (primary N) is 1. The molecule has 0 aliphatic heterocycles. The predicted octanol–water partition coefficient (Wildman–Crippen LogP) is 3.86. The third-order valence-electron chi connectivity index (χ3n) is 4.25. The van der Waals surface area contributed by atoms with Crippen molar-refractivity contribution >= 4 is 11.8 Å². The second-order valence-electron chi connectivity index (χ2n) is 5.57. The third kappa shape index (κ3) is 2.94. The number of hydrogen-bond donors (Lipinski definition) is 1. The molecule has 2 aromatic rings. The zero-order chi connectivity index (χ0) is 14.8. The lowest BCUT2D eigenvalue weighted by Crippen LogP contribution is -2.19. The van der Waals surface area contributed by atoms with E-state index in [-0.39, 0.29) is 6.04 Å². The molecule has 2 N–H and O–H groups in total. The highest BCUT2D eigenvalue weighted by molar-refractivity contribution is 7.99. The zero-order valence-corrected chi connectivity index (χ0v) is 13.3. The van der Waals surface area contributed by atoms with Crippen molar-refractivity contribution < 1.29 is 4.74 Å². The maximum atomic E-state index is 6.44. The van der Waals surface area contributed by atoms with Gasteiger partial charge in [0.05, 0.1) is 7.11 Å². The summed E-state index contributed by atoms with van der Waals surface area (Å²) in [4.78, 5) is 0. The van der Waals surface area contributed by atoms with E-state index in [1.807, 2.05) is 17.8 Å². The van der Waals surface area contributed by atoms with E-state index in [1.54, 1.807) is 7.11 Å². The monoisotopic (exact) mass is 299 g/mol. The van der Waals surface area contributed by atoms with Crippen LogP contribution in [0.2, 0.25) is 0 Å². The molecule has 0 saturated heterocycles. The average molecular weight is 299 g/mol. The molecule has 2 aromatic carbocycles. The molecule has 0 fully saturated rings. The Morgan fingerprint density at radius 2 is 2.05 bits per heavy atom. The van der Waals surface area contributed by atoms with Crippen molar-refractivity contribution in [3.63, 3.8) is 0 Å². The standard InChI is InChI=1S/C18H21NOS/c1-12-5-3-4-6-14(12)11-21-17-9-13-7-8-15(20-2)10-16(13)18(17)19/h3-8,10,17-18H,9,11,19H2,1-2H3. The highest BCUT2D eigenvalue weighted by Crippen LogP contribution is 2.39. The quantitative estimate of drug-likeness (QED) is 0.931. The highest BCUT2D eigenvalue weighted by Gasteiger charge is 2.30. The molecule has 3 rings (SSSR count). The van der Waals surface area contributed by atoms with Crippen molar-refractivity contribution in [1.29, 1.82) is 0 Å². The van der Waals surface area contributed by atoms with Crippen LogP contribution in [0.4, 0.5) is 0 Å². The van der Waals surface area contributed by atoms with Gasteiger partial charge in [0.15, 0.2) is 0 Å².